The van der Waals surface area contributed by atoms with Crippen molar-refractivity contribution in [1.29, 1.82) is 0 Å². The highest BCUT2D eigenvalue weighted by Crippen LogP contribution is 2.16. The quantitative estimate of drug-likeness (QED) is 0.713. The van der Waals surface area contributed by atoms with Crippen LogP contribution in [0.3, 0.4) is 0 Å². The van der Waals surface area contributed by atoms with E-state index in [-0.39, 0.29) is 5.25 Å². The van der Waals surface area contributed by atoms with E-state index in [2.05, 4.69) is 28.4 Å². The highest BCUT2D eigenvalue weighted by atomic mass is 32.2. The third-order valence-corrected chi connectivity index (χ3v) is 6.41. The zero-order valence-electron chi connectivity index (χ0n) is 13.5. The average molecular weight is 322 g/mol. The molecule has 1 aromatic carbocycles. The number of nitrogens with zero attached hydrogens (tertiary/aromatic N) is 1. The number of hydrogen-bond acceptors (Lipinski definition) is 3. The van der Waals surface area contributed by atoms with Crippen LogP contribution in [0, 0.1) is 0 Å². The van der Waals surface area contributed by atoms with E-state index in [4.69, 9.17) is 0 Å². The van der Waals surface area contributed by atoms with Crippen LogP contribution in [0.1, 0.15) is 51.5 Å². The van der Waals surface area contributed by atoms with Gasteiger partial charge in [-0.3, -0.25) is 5.10 Å². The van der Waals surface area contributed by atoms with Gasteiger partial charge in [0.2, 0.25) is 0 Å². The van der Waals surface area contributed by atoms with Gasteiger partial charge in [0, 0.05) is 5.39 Å². The third-order valence-electron chi connectivity index (χ3n) is 4.12. The summed E-state index contributed by atoms with van der Waals surface area (Å²) in [5, 5.41) is 7.91. The molecule has 0 saturated heterocycles. The topological polar surface area (TPSA) is 62.8 Å². The number of hydrogen-bond donors (Lipinski definition) is 1. The lowest BCUT2D eigenvalue weighted by molar-refractivity contribution is 0.577. The van der Waals surface area contributed by atoms with Crippen molar-refractivity contribution in [2.45, 2.75) is 57.6 Å². The van der Waals surface area contributed by atoms with E-state index in [0.29, 0.717) is 5.75 Å². The Kier molecular flexibility index (Phi) is 6.00. The predicted octanol–water partition coefficient (Wildman–Crippen LogP) is 3.88. The molecule has 0 saturated carbocycles. The van der Waals surface area contributed by atoms with E-state index in [0.717, 1.165) is 49.4 Å². The number of aryl methyl sites for hydroxylation is 1. The van der Waals surface area contributed by atoms with E-state index in [1.165, 1.54) is 5.56 Å². The van der Waals surface area contributed by atoms with Crippen LogP contribution in [-0.4, -0.2) is 29.6 Å². The molecule has 1 heterocycles. The molecule has 0 atom stereocenters. The molecule has 4 nitrogen and oxygen atoms in total. The SMILES string of the molecule is CC(C)S(=O)(=O)CCCCCCCc1ccc2[nH]ncc2c1. The highest BCUT2D eigenvalue weighted by Gasteiger charge is 2.14. The zero-order valence-corrected chi connectivity index (χ0v) is 14.3. The molecule has 22 heavy (non-hydrogen) atoms. The monoisotopic (exact) mass is 322 g/mol. The van der Waals surface area contributed by atoms with E-state index in [1.54, 1.807) is 13.8 Å². The number of rotatable bonds is 9. The predicted molar refractivity (Wildman–Crippen MR) is 91.8 cm³/mol. The number of unbranched alkanes of at least 4 members (excludes halogenated alkanes) is 4. The minimum atomic E-state index is -2.86. The van der Waals surface area contributed by atoms with Crippen LogP contribution >= 0.6 is 0 Å². The largest absolute Gasteiger partial charge is 0.278 e. The molecule has 0 unspecified atom stereocenters. The van der Waals surface area contributed by atoms with Crippen LogP contribution in [0.15, 0.2) is 24.4 Å². The van der Waals surface area contributed by atoms with Crippen molar-refractivity contribution in [3.05, 3.63) is 30.0 Å². The molecule has 122 valence electrons. The maximum Gasteiger partial charge on any atom is 0.152 e. The van der Waals surface area contributed by atoms with Crippen molar-refractivity contribution in [1.82, 2.24) is 10.2 Å². The molecule has 0 fully saturated rings. The first kappa shape index (κ1) is 17.0. The Hall–Kier alpha value is -1.36. The van der Waals surface area contributed by atoms with E-state index < -0.39 is 9.84 Å². The second-order valence-corrected chi connectivity index (χ2v) is 8.90. The highest BCUT2D eigenvalue weighted by molar-refractivity contribution is 7.91. The Morgan fingerprint density at radius 2 is 1.82 bits per heavy atom. The normalized spacial score (nSPS) is 12.3. The first-order valence-corrected chi connectivity index (χ1v) is 9.84. The Bertz CT molecular complexity index is 690. The van der Waals surface area contributed by atoms with Crippen LogP contribution < -0.4 is 0 Å². The summed E-state index contributed by atoms with van der Waals surface area (Å²) in [5.74, 6) is 0.335. The van der Waals surface area contributed by atoms with Crippen LogP contribution in [0.4, 0.5) is 0 Å². The van der Waals surface area contributed by atoms with Crippen molar-refractivity contribution < 1.29 is 8.42 Å². The van der Waals surface area contributed by atoms with Gasteiger partial charge in [-0.15, -0.1) is 0 Å². The van der Waals surface area contributed by atoms with E-state index >= 15 is 0 Å². The second kappa shape index (κ2) is 7.77. The van der Waals surface area contributed by atoms with E-state index in [1.807, 2.05) is 6.20 Å². The van der Waals surface area contributed by atoms with Crippen molar-refractivity contribution in [3.63, 3.8) is 0 Å². The molecule has 0 aliphatic heterocycles. The third kappa shape index (κ3) is 4.83. The molecule has 1 aromatic heterocycles. The van der Waals surface area contributed by atoms with Gasteiger partial charge >= 0.3 is 0 Å². The summed E-state index contributed by atoms with van der Waals surface area (Å²) in [4.78, 5) is 0. The van der Waals surface area contributed by atoms with Crippen molar-refractivity contribution in [3.8, 4) is 0 Å². The summed E-state index contributed by atoms with van der Waals surface area (Å²) in [6.07, 6.45) is 8.15. The molecule has 0 aliphatic rings. The van der Waals surface area contributed by atoms with Gasteiger partial charge in [-0.25, -0.2) is 8.42 Å². The molecule has 0 bridgehead atoms. The van der Waals surface area contributed by atoms with E-state index in [9.17, 15) is 8.42 Å². The Balaban J connectivity index is 1.61. The van der Waals surface area contributed by atoms with Crippen LogP contribution in [0.5, 0.6) is 0 Å². The maximum atomic E-state index is 11.7. The van der Waals surface area contributed by atoms with Gasteiger partial charge in [-0.2, -0.15) is 5.10 Å². The van der Waals surface area contributed by atoms with Gasteiger partial charge in [0.25, 0.3) is 0 Å². The number of nitrogens with one attached hydrogen (secondary N) is 1. The molecule has 2 aromatic rings. The fourth-order valence-corrected chi connectivity index (χ4v) is 3.62. The molecule has 5 heteroatoms. The minimum absolute atomic E-state index is 0.245. The summed E-state index contributed by atoms with van der Waals surface area (Å²) >= 11 is 0. The fourth-order valence-electron chi connectivity index (χ4n) is 2.55. The number of benzene rings is 1. The number of aromatic nitrogens is 2. The summed E-state index contributed by atoms with van der Waals surface area (Å²) in [5.41, 5.74) is 2.42. The lowest BCUT2D eigenvalue weighted by Gasteiger charge is -2.07. The van der Waals surface area contributed by atoms with Crippen molar-refractivity contribution in [2.24, 2.45) is 0 Å². The molecule has 0 amide bonds. The number of H-pyrrole nitrogens is 1. The molecule has 2 rings (SSSR count). The number of fused-ring (bicyclic) bond motifs is 1. The molecule has 0 spiro atoms. The molecular weight excluding hydrogens is 296 g/mol. The number of aromatic amines is 1. The van der Waals surface area contributed by atoms with Gasteiger partial charge in [0.05, 0.1) is 22.7 Å². The smallest absolute Gasteiger partial charge is 0.152 e. The summed E-state index contributed by atoms with van der Waals surface area (Å²) in [6.45, 7) is 3.51. The summed E-state index contributed by atoms with van der Waals surface area (Å²) in [6, 6.07) is 6.41. The maximum absolute atomic E-state index is 11.7. The van der Waals surface area contributed by atoms with Crippen LogP contribution in [0.2, 0.25) is 0 Å². The first-order chi connectivity index (χ1) is 10.5. The first-order valence-electron chi connectivity index (χ1n) is 8.12. The summed E-state index contributed by atoms with van der Waals surface area (Å²) in [7, 11) is -2.86. The fraction of sp³-hybridized carbons (Fsp3) is 0.588. The van der Waals surface area contributed by atoms with Crippen LogP contribution in [-0.2, 0) is 16.3 Å². The Morgan fingerprint density at radius 3 is 2.59 bits per heavy atom. The van der Waals surface area contributed by atoms with Gasteiger partial charge in [0.15, 0.2) is 9.84 Å². The van der Waals surface area contributed by atoms with Gasteiger partial charge in [-0.1, -0.05) is 25.3 Å². The number of sulfone groups is 1. The van der Waals surface area contributed by atoms with Gasteiger partial charge in [0.1, 0.15) is 0 Å². The Labute approximate surface area is 133 Å². The Morgan fingerprint density at radius 1 is 1.09 bits per heavy atom. The molecular formula is C17H26N2O2S. The second-order valence-electron chi connectivity index (χ2n) is 6.23. The van der Waals surface area contributed by atoms with Crippen LogP contribution in [0.25, 0.3) is 10.9 Å². The zero-order chi connectivity index (χ0) is 16.0. The van der Waals surface area contributed by atoms with Crippen molar-refractivity contribution in [2.75, 3.05) is 5.75 Å². The lowest BCUT2D eigenvalue weighted by atomic mass is 10.0. The average Bonchev–Trinajstić information content (AvgIpc) is 2.93. The minimum Gasteiger partial charge on any atom is -0.278 e. The van der Waals surface area contributed by atoms with Crippen molar-refractivity contribution >= 4 is 20.7 Å². The molecule has 0 aliphatic carbocycles. The molecule has 0 radical (unpaired) electrons. The summed E-state index contributed by atoms with van der Waals surface area (Å²) < 4.78 is 23.4. The van der Waals surface area contributed by atoms with Gasteiger partial charge in [-0.05, 0) is 50.8 Å². The van der Waals surface area contributed by atoms with Gasteiger partial charge < -0.3 is 0 Å². The lowest BCUT2D eigenvalue weighted by Crippen LogP contribution is -2.17. The standard InChI is InChI=1S/C17H26N2O2S/c1-14(2)22(20,21)11-7-5-3-4-6-8-15-9-10-17-16(12-15)13-18-19-17/h9-10,12-14H,3-8,11H2,1-2H3,(H,18,19). The molecule has 1 N–H and O–H groups in total.